The van der Waals surface area contributed by atoms with Gasteiger partial charge in [-0.3, -0.25) is 0 Å². The number of nitrogens with zero attached hydrogens (tertiary/aromatic N) is 11. The summed E-state index contributed by atoms with van der Waals surface area (Å²) in [4.78, 5) is 21.7. The monoisotopic (exact) mass is 1020 g/mol. The molecule has 17 nitrogen and oxygen atoms in total. The highest BCUT2D eigenvalue weighted by Gasteiger charge is 2.39. The van der Waals surface area contributed by atoms with Gasteiger partial charge in [-0.25, -0.2) is 26.8 Å². The number of fused-ring (bicyclic) bond motifs is 2. The molecule has 0 aliphatic carbocycles. The molecule has 5 aromatic carbocycles. The van der Waals surface area contributed by atoms with Crippen LogP contribution in [0.4, 0.5) is 17.1 Å². The van der Waals surface area contributed by atoms with Gasteiger partial charge in [-0.2, -0.15) is 19.1 Å². The summed E-state index contributed by atoms with van der Waals surface area (Å²) in [7, 11) is -7.70. The highest BCUT2D eigenvalue weighted by atomic mass is 32.2. The van der Waals surface area contributed by atoms with Gasteiger partial charge >= 0.3 is 0 Å². The molecule has 0 radical (unpaired) electrons. The molecule has 0 bridgehead atoms. The second kappa shape index (κ2) is 21.9. The van der Waals surface area contributed by atoms with Crippen LogP contribution in [0.2, 0.25) is 0 Å². The summed E-state index contributed by atoms with van der Waals surface area (Å²) in [5, 5.41) is 24.4. The van der Waals surface area contributed by atoms with Crippen LogP contribution in [0.15, 0.2) is 178 Å². The number of rotatable bonds is 13. The number of sulfonamides is 2. The second-order valence-corrected chi connectivity index (χ2v) is 22.2. The molecule has 8 aromatic rings. The van der Waals surface area contributed by atoms with Crippen molar-refractivity contribution in [1.29, 1.82) is 10.5 Å². The number of thiophene rings is 1. The molecular formula is C52H51N13O4S3. The zero-order chi connectivity index (χ0) is 50.1. The molecule has 0 saturated carbocycles. The molecule has 366 valence electrons. The number of hydrogen-bond acceptors (Lipinski definition) is 12. The van der Waals surface area contributed by atoms with E-state index in [4.69, 9.17) is 5.53 Å². The Bertz CT molecular complexity index is 3480. The highest BCUT2D eigenvalue weighted by molar-refractivity contribution is 7.91. The molecule has 0 fully saturated rings. The maximum Gasteiger partial charge on any atom is 0.253 e. The SMILES string of the molecule is N#Cc1ccc2c(c1)CN(S(=O)(=O)c1ccc(N=[N+]=[N-])cc1)[C@H](Cc1ccccc1)CN2Cc1cnc[nH]1.N#Cc1ccc2c(c1)CN(S(=O)(=O)c1cccs1)[C@H](Cc1ccccc1)CN2Cc1cnc[nH]1.[3HH].[3HH]. The molecule has 0 amide bonds. The molecule has 72 heavy (non-hydrogen) atoms. The number of benzene rings is 5. The molecule has 2 atom stereocenters. The Morgan fingerprint density at radius 3 is 1.60 bits per heavy atom. The molecule has 2 N–H and O–H groups in total. The van der Waals surface area contributed by atoms with E-state index >= 15 is 0 Å². The molecule has 10 rings (SSSR count). The molecule has 0 saturated heterocycles. The first-order valence-corrected chi connectivity index (χ1v) is 26.6. The number of hydrogen-bond donors (Lipinski definition) is 2. The molecule has 5 heterocycles. The first-order chi connectivity index (χ1) is 35.0. The Labute approximate surface area is 424 Å². The molecule has 3 aromatic heterocycles. The third-order valence-electron chi connectivity index (χ3n) is 12.5. The minimum Gasteiger partial charge on any atom is -0.364 e. The van der Waals surface area contributed by atoms with Gasteiger partial charge < -0.3 is 19.8 Å². The van der Waals surface area contributed by atoms with Crippen LogP contribution in [0.25, 0.3) is 10.4 Å². The summed E-state index contributed by atoms with van der Waals surface area (Å²) in [5.74, 6) is 0. The summed E-state index contributed by atoms with van der Waals surface area (Å²) in [6.45, 7) is 2.26. The third kappa shape index (κ3) is 11.1. The van der Waals surface area contributed by atoms with Gasteiger partial charge in [0.25, 0.3) is 10.0 Å². The number of aromatic amines is 2. The Balaban J connectivity index is 0.000000212. The minimum absolute atomic E-state index is 0. The number of azide groups is 1. The lowest BCUT2D eigenvalue weighted by molar-refractivity contribution is 0.317. The summed E-state index contributed by atoms with van der Waals surface area (Å²) in [6, 6.07) is 43.6. The van der Waals surface area contributed by atoms with Crippen molar-refractivity contribution in [2.45, 2.75) is 60.2 Å². The minimum atomic E-state index is -3.97. The average Bonchev–Trinajstić information content (AvgIpc) is 4.22. The normalized spacial score (nSPS) is 16.1. The maximum atomic E-state index is 14.1. The Morgan fingerprint density at radius 2 is 1.17 bits per heavy atom. The molecule has 20 heteroatoms. The van der Waals surface area contributed by atoms with Crippen LogP contribution in [0.5, 0.6) is 0 Å². The summed E-state index contributed by atoms with van der Waals surface area (Å²) in [5.41, 5.74) is 17.3. The molecule has 2 aliphatic rings. The highest BCUT2D eigenvalue weighted by Crippen LogP contribution is 2.36. The summed E-state index contributed by atoms with van der Waals surface area (Å²) in [6.07, 6.45) is 7.85. The van der Waals surface area contributed by atoms with Gasteiger partial charge in [0.1, 0.15) is 4.21 Å². The number of H-pyrrole nitrogens is 2. The second-order valence-electron chi connectivity index (χ2n) is 17.2. The van der Waals surface area contributed by atoms with Crippen LogP contribution in [-0.2, 0) is 59.1 Å². The van der Waals surface area contributed by atoms with Gasteiger partial charge in [0.05, 0.1) is 65.3 Å². The van der Waals surface area contributed by atoms with Crippen molar-refractivity contribution in [1.82, 2.24) is 28.5 Å². The van der Waals surface area contributed by atoms with E-state index in [1.54, 1.807) is 71.1 Å². The predicted molar refractivity (Wildman–Crippen MR) is 279 cm³/mol. The van der Waals surface area contributed by atoms with E-state index in [2.05, 4.69) is 51.9 Å². The van der Waals surface area contributed by atoms with E-state index in [9.17, 15) is 27.4 Å². The Morgan fingerprint density at radius 1 is 0.667 bits per heavy atom. The smallest absolute Gasteiger partial charge is 0.253 e. The van der Waals surface area contributed by atoms with Gasteiger partial charge in [-0.05, 0) is 101 Å². The van der Waals surface area contributed by atoms with E-state index in [1.165, 1.54) is 39.9 Å². The Kier molecular flexibility index (Phi) is 14.9. The quantitative estimate of drug-likeness (QED) is 0.0630. The van der Waals surface area contributed by atoms with Crippen LogP contribution in [0.3, 0.4) is 0 Å². The zero-order valence-electron chi connectivity index (χ0n) is 38.7. The molecule has 0 unspecified atom stereocenters. The lowest BCUT2D eigenvalue weighted by Crippen LogP contribution is -2.45. The average molecular weight is 1020 g/mol. The summed E-state index contributed by atoms with van der Waals surface area (Å²) >= 11 is 1.22. The van der Waals surface area contributed by atoms with Crippen molar-refractivity contribution in [3.05, 3.63) is 219 Å². The number of aromatic nitrogens is 4. The molecule has 0 spiro atoms. The van der Waals surface area contributed by atoms with Crippen molar-refractivity contribution in [2.24, 2.45) is 5.11 Å². The van der Waals surface area contributed by atoms with E-state index in [-0.39, 0.29) is 26.9 Å². The topological polar surface area (TPSA) is 235 Å². The predicted octanol–water partition coefficient (Wildman–Crippen LogP) is 9.70. The number of nitriles is 2. The fraction of sp³-hybridized carbons (Fsp3) is 0.192. The maximum absolute atomic E-state index is 14.1. The standard InChI is InChI=1S/C27H24N8O2S.C25H23N5O2S2.2H2/c28-14-21-6-11-27-22(12-21)16-35(38(36,37)26-9-7-23(8-10-26)32-33-29)25(13-20-4-2-1-3-5-20)18-34(27)17-24-15-30-19-31-24;26-13-20-8-9-24-21(11-20)15-30(34(31,32)25-7-4-10-33-25)23(12-19-5-2-1-3-6-19)17-29(24)16-22-14-27-18-28-22;;/h1-12,15,19,25H,13,16-18H2,(H,30,31);1-11,14,18,23H,12,15-17H2,(H,27,28);2*1H/t25-;23-;;/m11../s1/i;;2*1+2. The van der Waals surface area contributed by atoms with Gasteiger partial charge in [-0.15, -0.1) is 11.3 Å². The van der Waals surface area contributed by atoms with Crippen LogP contribution in [-0.4, -0.2) is 70.6 Å². The van der Waals surface area contributed by atoms with Gasteiger partial charge in [0.2, 0.25) is 10.0 Å². The first kappa shape index (κ1) is 48.9. The van der Waals surface area contributed by atoms with Crippen LogP contribution in [0.1, 0.15) is 47.6 Å². The van der Waals surface area contributed by atoms with Crippen molar-refractivity contribution in [3.8, 4) is 12.1 Å². The summed E-state index contributed by atoms with van der Waals surface area (Å²) < 4.78 is 59.4. The van der Waals surface area contributed by atoms with Gasteiger partial charge in [-0.1, -0.05) is 84.0 Å². The van der Waals surface area contributed by atoms with Crippen molar-refractivity contribution < 1.29 is 19.7 Å². The number of imidazole rings is 2. The van der Waals surface area contributed by atoms with Gasteiger partial charge in [0.15, 0.2) is 0 Å². The van der Waals surface area contributed by atoms with E-state index in [1.807, 2.05) is 72.8 Å². The largest absolute Gasteiger partial charge is 0.364 e. The molecule has 2 aliphatic heterocycles. The first-order valence-electron chi connectivity index (χ1n) is 22.8. The lowest BCUT2D eigenvalue weighted by atomic mass is 10.1. The fourth-order valence-electron chi connectivity index (χ4n) is 9.18. The Hall–Kier alpha value is -8.07. The van der Waals surface area contributed by atoms with Crippen molar-refractivity contribution in [2.75, 3.05) is 22.9 Å². The van der Waals surface area contributed by atoms with E-state index in [0.29, 0.717) is 60.0 Å². The third-order valence-corrected chi connectivity index (χ3v) is 17.7. The molecular weight excluding hydrogens is 967 g/mol. The lowest BCUT2D eigenvalue weighted by Gasteiger charge is -2.32. The van der Waals surface area contributed by atoms with E-state index < -0.39 is 26.1 Å². The fourth-order valence-corrected chi connectivity index (χ4v) is 13.5. The van der Waals surface area contributed by atoms with Crippen LogP contribution in [0, 0.1) is 22.7 Å². The van der Waals surface area contributed by atoms with Crippen LogP contribution >= 0.6 is 11.3 Å². The zero-order valence-corrected chi connectivity index (χ0v) is 41.1. The van der Waals surface area contributed by atoms with E-state index in [0.717, 1.165) is 45.0 Å². The van der Waals surface area contributed by atoms with Crippen molar-refractivity contribution >= 4 is 48.4 Å². The van der Waals surface area contributed by atoms with Gasteiger partial charge in [0, 0.05) is 75.5 Å². The van der Waals surface area contributed by atoms with Crippen molar-refractivity contribution in [3.63, 3.8) is 0 Å². The number of nitrogens with one attached hydrogen (secondary N) is 2. The number of anilines is 2. The van der Waals surface area contributed by atoms with Crippen LogP contribution < -0.4 is 9.80 Å².